The molecule has 0 atom stereocenters. The standard InChI is InChI=1S/C24H19FN6O4/c1-34-21-12-16(10-11-20(21)35-24(33)18-8-5-9-19(25)13-18)14-26-27-22(32)15-31-29-23(28-30-31)17-6-3-2-4-7-17/h2-14H,15H2,1H3,(H,27,32)/b26-14-. The molecule has 0 bridgehead atoms. The van der Waals surface area contributed by atoms with Crippen LogP contribution in [-0.4, -0.2) is 45.4 Å². The zero-order chi connectivity index (χ0) is 24.6. The summed E-state index contributed by atoms with van der Waals surface area (Å²) in [4.78, 5) is 25.6. The van der Waals surface area contributed by atoms with Gasteiger partial charge in [-0.2, -0.15) is 9.90 Å². The van der Waals surface area contributed by atoms with Crippen LogP contribution in [0, 0.1) is 5.82 Å². The second-order valence-electron chi connectivity index (χ2n) is 7.11. The number of carbonyl (C=O) groups is 2. The lowest BCUT2D eigenvalue weighted by molar-refractivity contribution is -0.122. The lowest BCUT2D eigenvalue weighted by Crippen LogP contribution is -2.24. The molecule has 0 unspecified atom stereocenters. The fourth-order valence-corrected chi connectivity index (χ4v) is 2.98. The highest BCUT2D eigenvalue weighted by Gasteiger charge is 2.14. The van der Waals surface area contributed by atoms with Gasteiger partial charge in [0.2, 0.25) is 5.82 Å². The average Bonchev–Trinajstić information content (AvgIpc) is 3.33. The number of halogens is 1. The van der Waals surface area contributed by atoms with E-state index >= 15 is 0 Å². The summed E-state index contributed by atoms with van der Waals surface area (Å²) in [6.07, 6.45) is 1.39. The Hall–Kier alpha value is -4.93. The molecule has 0 fully saturated rings. The van der Waals surface area contributed by atoms with E-state index in [1.165, 1.54) is 37.6 Å². The van der Waals surface area contributed by atoms with Crippen molar-refractivity contribution in [3.63, 3.8) is 0 Å². The van der Waals surface area contributed by atoms with Crippen molar-refractivity contribution >= 4 is 18.1 Å². The van der Waals surface area contributed by atoms with Gasteiger partial charge < -0.3 is 9.47 Å². The van der Waals surface area contributed by atoms with Crippen molar-refractivity contribution in [2.45, 2.75) is 6.54 Å². The van der Waals surface area contributed by atoms with Crippen molar-refractivity contribution in [2.75, 3.05) is 7.11 Å². The fraction of sp³-hybridized carbons (Fsp3) is 0.0833. The minimum atomic E-state index is -0.728. The Morgan fingerprint density at radius 3 is 2.66 bits per heavy atom. The minimum Gasteiger partial charge on any atom is -0.493 e. The number of tetrazole rings is 1. The summed E-state index contributed by atoms with van der Waals surface area (Å²) >= 11 is 0. The molecule has 4 rings (SSSR count). The molecule has 0 aliphatic heterocycles. The highest BCUT2D eigenvalue weighted by Crippen LogP contribution is 2.28. The Labute approximate surface area is 199 Å². The van der Waals surface area contributed by atoms with Gasteiger partial charge in [-0.1, -0.05) is 36.4 Å². The lowest BCUT2D eigenvalue weighted by atomic mass is 10.2. The van der Waals surface area contributed by atoms with Crippen LogP contribution in [0.1, 0.15) is 15.9 Å². The van der Waals surface area contributed by atoms with Gasteiger partial charge in [0.05, 0.1) is 18.9 Å². The van der Waals surface area contributed by atoms with Crippen molar-refractivity contribution in [1.29, 1.82) is 0 Å². The van der Waals surface area contributed by atoms with Gasteiger partial charge in [-0.05, 0) is 47.2 Å². The van der Waals surface area contributed by atoms with Crippen LogP contribution >= 0.6 is 0 Å². The van der Waals surface area contributed by atoms with Gasteiger partial charge >= 0.3 is 5.97 Å². The number of rotatable bonds is 8. The zero-order valence-corrected chi connectivity index (χ0v) is 18.5. The van der Waals surface area contributed by atoms with Gasteiger partial charge in [-0.3, -0.25) is 4.79 Å². The van der Waals surface area contributed by atoms with Gasteiger partial charge in [0.25, 0.3) is 5.91 Å². The average molecular weight is 474 g/mol. The van der Waals surface area contributed by atoms with E-state index in [1.807, 2.05) is 30.3 Å². The summed E-state index contributed by atoms with van der Waals surface area (Å²) in [5.74, 6) is -0.914. The number of ether oxygens (including phenoxy) is 2. The number of hydrazone groups is 1. The number of hydrogen-bond donors (Lipinski definition) is 1. The Morgan fingerprint density at radius 1 is 1.06 bits per heavy atom. The van der Waals surface area contributed by atoms with E-state index in [-0.39, 0.29) is 23.6 Å². The maximum atomic E-state index is 13.3. The van der Waals surface area contributed by atoms with Crippen molar-refractivity contribution in [1.82, 2.24) is 25.6 Å². The van der Waals surface area contributed by atoms with Crippen LogP contribution < -0.4 is 14.9 Å². The van der Waals surface area contributed by atoms with Crippen molar-refractivity contribution < 1.29 is 23.5 Å². The molecule has 1 N–H and O–H groups in total. The van der Waals surface area contributed by atoms with Gasteiger partial charge in [-0.15, -0.1) is 10.2 Å². The van der Waals surface area contributed by atoms with Crippen molar-refractivity contribution in [3.05, 3.63) is 89.7 Å². The zero-order valence-electron chi connectivity index (χ0n) is 18.5. The number of hydrogen-bond acceptors (Lipinski definition) is 8. The maximum absolute atomic E-state index is 13.3. The summed E-state index contributed by atoms with van der Waals surface area (Å²) in [5, 5.41) is 15.9. The summed E-state index contributed by atoms with van der Waals surface area (Å²) in [5.41, 5.74) is 3.80. The normalized spacial score (nSPS) is 10.8. The van der Waals surface area contributed by atoms with E-state index in [0.717, 1.165) is 16.4 Å². The van der Waals surface area contributed by atoms with Crippen LogP contribution in [0.25, 0.3) is 11.4 Å². The molecule has 4 aromatic rings. The molecule has 0 saturated heterocycles. The quantitative estimate of drug-likeness (QED) is 0.180. The van der Waals surface area contributed by atoms with Gasteiger partial charge in [-0.25, -0.2) is 14.6 Å². The second kappa shape index (κ2) is 10.8. The van der Waals surface area contributed by atoms with Crippen molar-refractivity contribution in [2.24, 2.45) is 5.10 Å². The third-order valence-electron chi connectivity index (χ3n) is 4.62. The number of benzene rings is 3. The molecule has 35 heavy (non-hydrogen) atoms. The number of esters is 1. The molecule has 0 radical (unpaired) electrons. The molecule has 11 heteroatoms. The Bertz CT molecular complexity index is 1370. The van der Waals surface area contributed by atoms with Crippen molar-refractivity contribution in [3.8, 4) is 22.9 Å². The smallest absolute Gasteiger partial charge is 0.343 e. The third-order valence-corrected chi connectivity index (χ3v) is 4.62. The molecule has 1 aromatic heterocycles. The first-order valence-electron chi connectivity index (χ1n) is 10.3. The monoisotopic (exact) mass is 474 g/mol. The highest BCUT2D eigenvalue weighted by molar-refractivity contribution is 5.91. The summed E-state index contributed by atoms with van der Waals surface area (Å²) in [6, 6.07) is 19.1. The first kappa shape index (κ1) is 23.2. The molecule has 0 saturated carbocycles. The van der Waals surface area contributed by atoms with Crippen LogP contribution in [0.5, 0.6) is 11.5 Å². The molecule has 0 spiro atoms. The van der Waals surface area contributed by atoms with Crippen LogP contribution in [-0.2, 0) is 11.3 Å². The van der Waals surface area contributed by atoms with Gasteiger partial charge in [0, 0.05) is 5.56 Å². The highest BCUT2D eigenvalue weighted by atomic mass is 19.1. The Morgan fingerprint density at radius 2 is 1.89 bits per heavy atom. The molecule has 176 valence electrons. The molecule has 3 aromatic carbocycles. The number of methoxy groups -OCH3 is 1. The summed E-state index contributed by atoms with van der Waals surface area (Å²) < 4.78 is 23.9. The molecule has 0 aliphatic rings. The molecular weight excluding hydrogens is 455 g/mol. The predicted octanol–water partition coefficient (Wildman–Crippen LogP) is 2.86. The van der Waals surface area contributed by atoms with E-state index in [1.54, 1.807) is 12.1 Å². The van der Waals surface area contributed by atoms with E-state index in [0.29, 0.717) is 11.4 Å². The molecule has 1 amide bonds. The SMILES string of the molecule is COc1cc(/C=N\NC(=O)Cn2nnc(-c3ccccc3)n2)ccc1OC(=O)c1cccc(F)c1. The van der Waals surface area contributed by atoms with E-state index < -0.39 is 17.7 Å². The maximum Gasteiger partial charge on any atom is 0.343 e. The van der Waals surface area contributed by atoms with E-state index in [9.17, 15) is 14.0 Å². The van der Waals surface area contributed by atoms with Gasteiger partial charge in [0.1, 0.15) is 12.4 Å². The molecule has 1 heterocycles. The fourth-order valence-electron chi connectivity index (χ4n) is 2.98. The molecule has 0 aliphatic carbocycles. The first-order valence-corrected chi connectivity index (χ1v) is 10.3. The number of nitrogens with zero attached hydrogens (tertiary/aromatic N) is 5. The van der Waals surface area contributed by atoms with E-state index in [2.05, 4.69) is 25.9 Å². The first-order chi connectivity index (χ1) is 17.0. The topological polar surface area (TPSA) is 121 Å². The number of aromatic nitrogens is 4. The summed E-state index contributed by atoms with van der Waals surface area (Å²) in [7, 11) is 1.41. The van der Waals surface area contributed by atoms with Crippen LogP contribution in [0.4, 0.5) is 4.39 Å². The van der Waals surface area contributed by atoms with E-state index in [4.69, 9.17) is 9.47 Å². The van der Waals surface area contributed by atoms with Crippen LogP contribution in [0.3, 0.4) is 0 Å². The molecule has 10 nitrogen and oxygen atoms in total. The number of amides is 1. The van der Waals surface area contributed by atoms with Gasteiger partial charge in [0.15, 0.2) is 11.5 Å². The van der Waals surface area contributed by atoms with Crippen LogP contribution in [0.15, 0.2) is 77.9 Å². The predicted molar refractivity (Wildman–Crippen MR) is 123 cm³/mol. The third kappa shape index (κ3) is 6.11. The summed E-state index contributed by atoms with van der Waals surface area (Å²) in [6.45, 7) is -0.171. The Balaban J connectivity index is 1.34. The van der Waals surface area contributed by atoms with Crippen LogP contribution in [0.2, 0.25) is 0 Å². The lowest BCUT2D eigenvalue weighted by Gasteiger charge is -2.10. The second-order valence-corrected chi connectivity index (χ2v) is 7.11. The minimum absolute atomic E-state index is 0.0677. The largest absolute Gasteiger partial charge is 0.493 e. The molecular formula is C24H19FN6O4. The number of carbonyl (C=O) groups excluding carboxylic acids is 2. The number of nitrogens with one attached hydrogen (secondary N) is 1. The Kier molecular flexibility index (Phi) is 7.16.